The number of esters is 1. The van der Waals surface area contributed by atoms with E-state index < -0.39 is 68.4 Å². The van der Waals surface area contributed by atoms with Crippen LogP contribution in [0.15, 0.2) is 95.9 Å². The smallest absolute Gasteiger partial charge is 0.351 e. The first-order chi connectivity index (χ1) is 27.0. The molecule has 1 fully saturated rings. The highest BCUT2D eigenvalue weighted by Crippen LogP contribution is 2.48. The number of ether oxygens (including phenoxy) is 5. The molecule has 304 valence electrons. The minimum atomic E-state index is -2.73. The maximum absolute atomic E-state index is 13.8. The van der Waals surface area contributed by atoms with E-state index in [-0.39, 0.29) is 23.9 Å². The number of hydrogen-bond donors (Lipinski definition) is 2. The molecule has 0 radical (unpaired) electrons. The molecular formula is C42H51N3O11Si. The molecule has 1 aliphatic heterocycles. The number of anilines is 1. The van der Waals surface area contributed by atoms with Gasteiger partial charge in [-0.15, -0.1) is 0 Å². The summed E-state index contributed by atoms with van der Waals surface area (Å²) in [6.45, 7) is 11.3. The molecular weight excluding hydrogens is 751 g/mol. The Kier molecular flexibility index (Phi) is 13.4. The Bertz CT molecular complexity index is 2020. The van der Waals surface area contributed by atoms with Crippen molar-refractivity contribution in [1.29, 1.82) is 0 Å². The average molecular weight is 802 g/mol. The van der Waals surface area contributed by atoms with Gasteiger partial charge in [0.25, 0.3) is 0 Å². The fourth-order valence-electron chi connectivity index (χ4n) is 6.40. The number of carboxylic acids is 1. The summed E-state index contributed by atoms with van der Waals surface area (Å²) in [7, 11) is 0.434. The van der Waals surface area contributed by atoms with Gasteiger partial charge in [-0.3, -0.25) is 19.0 Å². The summed E-state index contributed by atoms with van der Waals surface area (Å²) in [5, 5.41) is 11.4. The van der Waals surface area contributed by atoms with Crippen molar-refractivity contribution >= 4 is 32.0 Å². The van der Waals surface area contributed by atoms with E-state index in [1.165, 1.54) is 23.8 Å². The molecule has 0 bridgehead atoms. The molecule has 0 spiro atoms. The molecule has 1 amide bonds. The van der Waals surface area contributed by atoms with E-state index >= 15 is 0 Å². The van der Waals surface area contributed by atoms with Crippen molar-refractivity contribution in [1.82, 2.24) is 9.55 Å². The molecule has 1 saturated heterocycles. The number of rotatable bonds is 16. The summed E-state index contributed by atoms with van der Waals surface area (Å²) in [5.74, 6) is -0.984. The molecule has 2 N–H and O–H groups in total. The lowest BCUT2D eigenvalue weighted by Gasteiger charge is -2.44. The predicted molar refractivity (Wildman–Crippen MR) is 214 cm³/mol. The van der Waals surface area contributed by atoms with Crippen molar-refractivity contribution in [3.63, 3.8) is 0 Å². The molecule has 5 rings (SSSR count). The molecule has 14 nitrogen and oxygen atoms in total. The third-order valence-corrected chi connectivity index (χ3v) is 14.8. The second kappa shape index (κ2) is 17.8. The molecule has 0 aliphatic carbocycles. The number of nitrogens with zero attached hydrogens (tertiary/aromatic N) is 2. The first-order valence-corrected chi connectivity index (χ1v) is 21.5. The molecule has 0 unspecified atom stereocenters. The van der Waals surface area contributed by atoms with Crippen molar-refractivity contribution in [3.05, 3.63) is 118 Å². The standard InChI is InChI=1S/C42H51N3O11Si/c1-27(46)43-34-24-25-45(40(50)44-34)39-38(56-57(7,8)41(2,3)4)37(33(54-39)26-53-36(49)23-22-35(47)48)55-42(28-12-10-9-11-13-28,29-14-18-31(51-5)19-15-29)30-16-20-32(52-6)21-17-30/h9-21,24-25,33,37-39H,22-23,26H2,1-8H3,(H,47,48)(H,43,44,46,50)/t33-,37-,38-,39-/m1/s1. The number of aromatic nitrogens is 2. The lowest BCUT2D eigenvalue weighted by atomic mass is 9.79. The molecule has 57 heavy (non-hydrogen) atoms. The Morgan fingerprint density at radius 2 is 1.40 bits per heavy atom. The van der Waals surface area contributed by atoms with Crippen LogP contribution in [-0.4, -0.2) is 80.0 Å². The normalized spacial score (nSPS) is 18.5. The Balaban J connectivity index is 1.76. The largest absolute Gasteiger partial charge is 0.497 e. The Hall–Kier alpha value is -5.35. The van der Waals surface area contributed by atoms with Crippen molar-refractivity contribution in [2.45, 2.75) is 88.8 Å². The van der Waals surface area contributed by atoms with Crippen LogP contribution in [0, 0.1) is 0 Å². The van der Waals surface area contributed by atoms with Gasteiger partial charge < -0.3 is 38.5 Å². The summed E-state index contributed by atoms with van der Waals surface area (Å²) < 4.78 is 39.5. The zero-order valence-electron chi connectivity index (χ0n) is 33.5. The zero-order chi connectivity index (χ0) is 41.5. The quantitative estimate of drug-likeness (QED) is 0.0738. The number of carbonyl (C=O) groups excluding carboxylic acids is 2. The number of carboxylic acid groups (broad SMARTS) is 1. The first kappa shape index (κ1) is 42.8. The van der Waals surface area contributed by atoms with Gasteiger partial charge >= 0.3 is 17.6 Å². The van der Waals surface area contributed by atoms with Crippen molar-refractivity contribution in [3.8, 4) is 11.5 Å². The zero-order valence-corrected chi connectivity index (χ0v) is 34.5. The third kappa shape index (κ3) is 9.79. The van der Waals surface area contributed by atoms with E-state index in [0.29, 0.717) is 22.6 Å². The number of methoxy groups -OCH3 is 2. The SMILES string of the molecule is COc1ccc(C(O[C@H]2[C@@H](O[Si](C)(C)C(C)(C)C)[C@H](n3ccc(NC(C)=O)nc3=O)O[C@@H]2COC(=O)CCC(=O)O)(c2ccccc2)c2ccc(OC)cc2)cc1. The summed E-state index contributed by atoms with van der Waals surface area (Å²) in [6, 6.07) is 26.0. The summed E-state index contributed by atoms with van der Waals surface area (Å²) in [6.07, 6.45) is -3.58. The Labute approximate surface area is 333 Å². The van der Waals surface area contributed by atoms with Crippen LogP contribution in [0.25, 0.3) is 0 Å². The topological polar surface area (TPSA) is 174 Å². The van der Waals surface area contributed by atoms with Crippen molar-refractivity contribution in [2.24, 2.45) is 0 Å². The molecule has 4 aromatic rings. The average Bonchev–Trinajstić information content (AvgIpc) is 3.49. The number of amides is 1. The first-order valence-electron chi connectivity index (χ1n) is 18.6. The second-order valence-corrected chi connectivity index (χ2v) is 20.0. The summed E-state index contributed by atoms with van der Waals surface area (Å²) in [5.41, 5.74) is 0.0508. The molecule has 1 aromatic heterocycles. The van der Waals surface area contributed by atoms with Crippen LogP contribution in [0.1, 0.15) is 63.5 Å². The van der Waals surface area contributed by atoms with Gasteiger partial charge in [0, 0.05) is 13.1 Å². The van der Waals surface area contributed by atoms with Crippen molar-refractivity contribution < 1.29 is 47.6 Å². The fourth-order valence-corrected chi connectivity index (χ4v) is 7.68. The van der Waals surface area contributed by atoms with Crippen LogP contribution in [0.3, 0.4) is 0 Å². The highest BCUT2D eigenvalue weighted by Gasteiger charge is 2.55. The van der Waals surface area contributed by atoms with E-state index in [1.54, 1.807) is 14.2 Å². The maximum Gasteiger partial charge on any atom is 0.351 e. The molecule has 15 heteroatoms. The summed E-state index contributed by atoms with van der Waals surface area (Å²) >= 11 is 0. The van der Waals surface area contributed by atoms with E-state index in [1.807, 2.05) is 78.9 Å². The van der Waals surface area contributed by atoms with Gasteiger partial charge in [0.1, 0.15) is 47.8 Å². The molecule has 3 aromatic carbocycles. The minimum absolute atomic E-state index is 0.0578. The van der Waals surface area contributed by atoms with Gasteiger partial charge in [-0.25, -0.2) is 4.79 Å². The van der Waals surface area contributed by atoms with Crippen LogP contribution in [0.4, 0.5) is 5.82 Å². The van der Waals surface area contributed by atoms with Gasteiger partial charge in [0.15, 0.2) is 14.5 Å². The summed E-state index contributed by atoms with van der Waals surface area (Å²) in [4.78, 5) is 53.9. The second-order valence-electron chi connectivity index (χ2n) is 15.3. The molecule has 2 heterocycles. The van der Waals surface area contributed by atoms with Gasteiger partial charge in [-0.1, -0.05) is 75.4 Å². The third-order valence-electron chi connectivity index (χ3n) is 10.4. The van der Waals surface area contributed by atoms with E-state index in [0.717, 1.165) is 5.56 Å². The van der Waals surface area contributed by atoms with Crippen LogP contribution in [0.2, 0.25) is 18.1 Å². The monoisotopic (exact) mass is 801 g/mol. The van der Waals surface area contributed by atoms with E-state index in [9.17, 15) is 24.3 Å². The van der Waals surface area contributed by atoms with Crippen molar-refractivity contribution in [2.75, 3.05) is 26.1 Å². The number of carbonyl (C=O) groups is 3. The Morgan fingerprint density at radius 3 is 1.89 bits per heavy atom. The predicted octanol–water partition coefficient (Wildman–Crippen LogP) is 6.29. The number of aliphatic carboxylic acids is 1. The highest BCUT2D eigenvalue weighted by molar-refractivity contribution is 6.74. The van der Waals surface area contributed by atoms with E-state index in [4.69, 9.17) is 28.1 Å². The van der Waals surface area contributed by atoms with Gasteiger partial charge in [-0.2, -0.15) is 4.98 Å². The minimum Gasteiger partial charge on any atom is -0.497 e. The molecule has 4 atom stereocenters. The van der Waals surface area contributed by atoms with Gasteiger partial charge in [0.05, 0.1) is 27.1 Å². The highest BCUT2D eigenvalue weighted by atomic mass is 28.4. The number of hydrogen-bond acceptors (Lipinski definition) is 11. The fraction of sp³-hybridized carbons (Fsp3) is 0.405. The van der Waals surface area contributed by atoms with E-state index in [2.05, 4.69) is 44.2 Å². The van der Waals surface area contributed by atoms with Gasteiger partial charge in [0.2, 0.25) is 5.91 Å². The number of nitrogens with one attached hydrogen (secondary N) is 1. The van der Waals surface area contributed by atoms with Crippen LogP contribution < -0.4 is 20.5 Å². The van der Waals surface area contributed by atoms with Crippen LogP contribution in [-0.2, 0) is 38.6 Å². The number of benzene rings is 3. The van der Waals surface area contributed by atoms with Crippen LogP contribution in [0.5, 0.6) is 11.5 Å². The van der Waals surface area contributed by atoms with Gasteiger partial charge in [-0.05, 0) is 65.2 Å². The maximum atomic E-state index is 13.8. The molecule has 0 saturated carbocycles. The van der Waals surface area contributed by atoms with Crippen LogP contribution >= 0.6 is 0 Å². The lowest BCUT2D eigenvalue weighted by molar-refractivity contribution is -0.156. The Morgan fingerprint density at radius 1 is 0.842 bits per heavy atom. The molecule has 1 aliphatic rings. The lowest BCUT2D eigenvalue weighted by Crippen LogP contribution is -2.52.